The molecule has 1 heterocycles. The van der Waals surface area contributed by atoms with Gasteiger partial charge in [0.25, 0.3) is 0 Å². The van der Waals surface area contributed by atoms with Crippen LogP contribution in [0.3, 0.4) is 0 Å². The van der Waals surface area contributed by atoms with Gasteiger partial charge in [0, 0.05) is 24.7 Å². The van der Waals surface area contributed by atoms with Crippen LogP contribution in [0.15, 0.2) is 30.3 Å². The molecule has 3 fully saturated rings. The average Bonchev–Trinajstić information content (AvgIpc) is 3.37. The molecule has 2 aliphatic carbocycles. The molecular weight excluding hydrogens is 354 g/mol. The van der Waals surface area contributed by atoms with Crippen molar-refractivity contribution >= 4 is 0 Å². The van der Waals surface area contributed by atoms with E-state index in [1.54, 1.807) is 12.1 Å². The molecule has 1 saturated heterocycles. The van der Waals surface area contributed by atoms with Gasteiger partial charge in [0.15, 0.2) is 0 Å². The quantitative estimate of drug-likeness (QED) is 0.677. The van der Waals surface area contributed by atoms with Gasteiger partial charge in [-0.1, -0.05) is 19.1 Å². The van der Waals surface area contributed by atoms with Crippen molar-refractivity contribution in [3.8, 4) is 17.2 Å². The number of halogens is 2. The van der Waals surface area contributed by atoms with Gasteiger partial charge in [0.05, 0.1) is 5.56 Å². The molecular formula is C24H24F2N2. The summed E-state index contributed by atoms with van der Waals surface area (Å²) in [6.45, 7) is 4.03. The van der Waals surface area contributed by atoms with Crippen molar-refractivity contribution < 1.29 is 8.78 Å². The van der Waals surface area contributed by atoms with Crippen LogP contribution < -0.4 is 0 Å². The maximum Gasteiger partial charge on any atom is 0.141 e. The Hall–Kier alpha value is -2.25. The van der Waals surface area contributed by atoms with E-state index in [-0.39, 0.29) is 11.4 Å². The molecule has 2 bridgehead atoms. The second kappa shape index (κ2) is 6.39. The van der Waals surface area contributed by atoms with Crippen LogP contribution in [0, 0.1) is 28.4 Å². The van der Waals surface area contributed by atoms with Crippen molar-refractivity contribution in [1.29, 1.82) is 5.26 Å². The SMILES string of the molecule is C[C@@]12CCC(C1)N(Cc1c(F)ccc(-c3ccc(C#N)c(F)c3)c1C1CC1)C2. The van der Waals surface area contributed by atoms with Crippen molar-refractivity contribution in [2.45, 2.75) is 57.5 Å². The predicted molar refractivity (Wildman–Crippen MR) is 105 cm³/mol. The lowest BCUT2D eigenvalue weighted by molar-refractivity contribution is 0.172. The highest BCUT2D eigenvalue weighted by molar-refractivity contribution is 5.71. The van der Waals surface area contributed by atoms with Crippen molar-refractivity contribution in [2.24, 2.45) is 5.41 Å². The summed E-state index contributed by atoms with van der Waals surface area (Å²) in [5.41, 5.74) is 3.92. The van der Waals surface area contributed by atoms with Crippen molar-refractivity contribution in [1.82, 2.24) is 4.90 Å². The lowest BCUT2D eigenvalue weighted by Gasteiger charge is -2.31. The number of nitriles is 1. The number of benzene rings is 2. The van der Waals surface area contributed by atoms with Gasteiger partial charge < -0.3 is 0 Å². The summed E-state index contributed by atoms with van der Waals surface area (Å²) in [5.74, 6) is -0.306. The zero-order valence-electron chi connectivity index (χ0n) is 16.1. The van der Waals surface area contributed by atoms with E-state index in [0.29, 0.717) is 23.9 Å². The Morgan fingerprint density at radius 3 is 2.57 bits per heavy atom. The molecule has 2 aromatic rings. The Bertz CT molecular complexity index is 989. The van der Waals surface area contributed by atoms with Crippen LogP contribution in [0.2, 0.25) is 0 Å². The van der Waals surface area contributed by atoms with Crippen LogP contribution in [0.4, 0.5) is 8.78 Å². The molecule has 2 aromatic carbocycles. The smallest absolute Gasteiger partial charge is 0.141 e. The third-order valence-electron chi connectivity index (χ3n) is 6.96. The molecule has 0 radical (unpaired) electrons. The number of piperidine rings is 1. The van der Waals surface area contributed by atoms with E-state index in [2.05, 4.69) is 11.8 Å². The first-order valence-corrected chi connectivity index (χ1v) is 10.2. The summed E-state index contributed by atoms with van der Waals surface area (Å²) in [6, 6.07) is 10.5. The van der Waals surface area contributed by atoms with Gasteiger partial charge in [-0.25, -0.2) is 8.78 Å². The van der Waals surface area contributed by atoms with Crippen LogP contribution in [0.1, 0.15) is 61.6 Å². The lowest BCUT2D eigenvalue weighted by atomic mass is 9.89. The fourth-order valence-electron chi connectivity index (χ4n) is 5.41. The Kier molecular flexibility index (Phi) is 4.07. The van der Waals surface area contributed by atoms with E-state index in [9.17, 15) is 8.78 Å². The first kappa shape index (κ1) is 17.8. The van der Waals surface area contributed by atoms with E-state index in [1.807, 2.05) is 6.07 Å². The highest BCUT2D eigenvalue weighted by Gasteiger charge is 2.46. The highest BCUT2D eigenvalue weighted by Crippen LogP contribution is 2.50. The fourth-order valence-corrected chi connectivity index (χ4v) is 5.41. The van der Waals surface area contributed by atoms with E-state index >= 15 is 0 Å². The molecule has 4 heteroatoms. The van der Waals surface area contributed by atoms with Gasteiger partial charge in [0.2, 0.25) is 0 Å². The third-order valence-corrected chi connectivity index (χ3v) is 6.96. The number of fused-ring (bicyclic) bond motifs is 2. The number of rotatable bonds is 4. The van der Waals surface area contributed by atoms with Gasteiger partial charge >= 0.3 is 0 Å². The summed E-state index contributed by atoms with van der Waals surface area (Å²) in [5, 5.41) is 9.00. The monoisotopic (exact) mass is 378 g/mol. The van der Waals surface area contributed by atoms with Gasteiger partial charge in [-0.2, -0.15) is 5.26 Å². The van der Waals surface area contributed by atoms with Crippen LogP contribution >= 0.6 is 0 Å². The minimum atomic E-state index is -0.516. The predicted octanol–water partition coefficient (Wildman–Crippen LogP) is 5.76. The molecule has 5 rings (SSSR count). The highest BCUT2D eigenvalue weighted by atomic mass is 19.1. The molecule has 0 aromatic heterocycles. The molecule has 28 heavy (non-hydrogen) atoms. The third kappa shape index (κ3) is 2.93. The first-order chi connectivity index (χ1) is 13.5. The van der Waals surface area contributed by atoms with Gasteiger partial charge in [-0.15, -0.1) is 0 Å². The zero-order chi connectivity index (χ0) is 19.5. The largest absolute Gasteiger partial charge is 0.295 e. The van der Waals surface area contributed by atoms with Crippen LogP contribution in [-0.4, -0.2) is 17.5 Å². The van der Waals surface area contributed by atoms with Gasteiger partial charge in [0.1, 0.15) is 17.7 Å². The molecule has 3 aliphatic rings. The van der Waals surface area contributed by atoms with Crippen LogP contribution in [0.25, 0.3) is 11.1 Å². The Morgan fingerprint density at radius 1 is 1.14 bits per heavy atom. The van der Waals surface area contributed by atoms with E-state index in [4.69, 9.17) is 5.26 Å². The normalized spacial score (nSPS) is 26.6. The second-order valence-corrected chi connectivity index (χ2v) is 9.18. The molecule has 1 unspecified atom stereocenters. The Labute approximate surface area is 164 Å². The van der Waals surface area contributed by atoms with Gasteiger partial charge in [-0.05, 0) is 78.3 Å². The Balaban J connectivity index is 1.56. The molecule has 144 valence electrons. The van der Waals surface area contributed by atoms with Crippen molar-refractivity contribution in [3.63, 3.8) is 0 Å². The summed E-state index contributed by atoms with van der Waals surface area (Å²) in [4.78, 5) is 2.46. The zero-order valence-corrected chi connectivity index (χ0v) is 16.1. The van der Waals surface area contributed by atoms with E-state index in [0.717, 1.165) is 41.6 Å². The molecule has 2 nitrogen and oxygen atoms in total. The Morgan fingerprint density at radius 2 is 1.96 bits per heavy atom. The van der Waals surface area contributed by atoms with Crippen LogP contribution in [-0.2, 0) is 6.54 Å². The maximum atomic E-state index is 15.0. The number of hydrogen-bond donors (Lipinski definition) is 0. The van der Waals surface area contributed by atoms with Crippen molar-refractivity contribution in [3.05, 3.63) is 58.7 Å². The summed E-state index contributed by atoms with van der Waals surface area (Å²) < 4.78 is 29.2. The minimum absolute atomic E-state index is 0.0420. The lowest BCUT2D eigenvalue weighted by Crippen LogP contribution is -2.34. The number of hydrogen-bond acceptors (Lipinski definition) is 2. The molecule has 2 saturated carbocycles. The molecule has 1 aliphatic heterocycles. The molecule has 0 spiro atoms. The van der Waals surface area contributed by atoms with E-state index in [1.165, 1.54) is 37.5 Å². The van der Waals surface area contributed by atoms with Crippen molar-refractivity contribution in [2.75, 3.05) is 6.54 Å². The molecule has 2 atom stereocenters. The summed E-state index contributed by atoms with van der Waals surface area (Å²) in [7, 11) is 0. The van der Waals surface area contributed by atoms with Gasteiger partial charge in [-0.3, -0.25) is 4.90 Å². The van der Waals surface area contributed by atoms with Crippen LogP contribution in [0.5, 0.6) is 0 Å². The summed E-state index contributed by atoms with van der Waals surface area (Å²) >= 11 is 0. The average molecular weight is 378 g/mol. The first-order valence-electron chi connectivity index (χ1n) is 10.2. The summed E-state index contributed by atoms with van der Waals surface area (Å²) in [6.07, 6.45) is 5.81. The van der Waals surface area contributed by atoms with E-state index < -0.39 is 5.82 Å². The number of nitrogens with zero attached hydrogens (tertiary/aromatic N) is 2. The number of likely N-dealkylation sites (tertiary alicyclic amines) is 1. The fraction of sp³-hybridized carbons (Fsp3) is 0.458. The minimum Gasteiger partial charge on any atom is -0.295 e. The topological polar surface area (TPSA) is 27.0 Å². The maximum absolute atomic E-state index is 15.0. The molecule has 0 N–H and O–H groups in total. The standard InChI is InChI=1S/C24H24F2N2/c1-24-9-8-18(11-24)28(14-24)13-20-21(25)7-6-19(23(20)15-2-3-15)16-4-5-17(12-27)22(26)10-16/h4-7,10,15,18H,2-3,8-9,11,13-14H2,1H3/t18?,24-/m1/s1. The second-order valence-electron chi connectivity index (χ2n) is 9.18. The molecule has 0 amide bonds.